The normalized spacial score (nSPS) is 19.5. The Kier molecular flexibility index (Phi) is 3.60. The van der Waals surface area contributed by atoms with E-state index in [-0.39, 0.29) is 11.8 Å². The first-order valence-electron chi connectivity index (χ1n) is 5.27. The Morgan fingerprint density at radius 1 is 1.59 bits per heavy atom. The molecule has 1 atom stereocenters. The summed E-state index contributed by atoms with van der Waals surface area (Å²) in [5.41, 5.74) is 0.969. The molecule has 1 unspecified atom stereocenters. The monoisotopic (exact) mass is 266 g/mol. The van der Waals surface area contributed by atoms with Gasteiger partial charge in [0.05, 0.1) is 16.3 Å². The highest BCUT2D eigenvalue weighted by Gasteiger charge is 2.32. The third-order valence-corrected chi connectivity index (χ3v) is 3.66. The molecule has 88 valence electrons. The maximum atomic E-state index is 11.9. The number of anilines is 1. The molecule has 0 spiro atoms. The predicted molar refractivity (Wildman–Crippen MR) is 70.5 cm³/mol. The molecule has 1 fully saturated rings. The van der Waals surface area contributed by atoms with E-state index in [0.717, 1.165) is 0 Å². The van der Waals surface area contributed by atoms with Crippen LogP contribution < -0.4 is 4.90 Å². The molecule has 0 radical (unpaired) electrons. The SMILES string of the molecule is N#Cc1cccc(Cl)c1N1CC(CS)CC1=O. The van der Waals surface area contributed by atoms with Gasteiger partial charge in [-0.15, -0.1) is 0 Å². The van der Waals surface area contributed by atoms with Gasteiger partial charge in [0.25, 0.3) is 0 Å². The number of nitrogens with zero attached hydrogens (tertiary/aromatic N) is 2. The highest BCUT2D eigenvalue weighted by atomic mass is 35.5. The molecule has 5 heteroatoms. The zero-order chi connectivity index (χ0) is 12.4. The van der Waals surface area contributed by atoms with Crippen molar-refractivity contribution in [2.24, 2.45) is 5.92 Å². The maximum Gasteiger partial charge on any atom is 0.227 e. The molecule has 0 saturated carbocycles. The van der Waals surface area contributed by atoms with E-state index in [1.54, 1.807) is 23.1 Å². The number of amides is 1. The van der Waals surface area contributed by atoms with Crippen LogP contribution in [-0.4, -0.2) is 18.2 Å². The van der Waals surface area contributed by atoms with Crippen molar-refractivity contribution in [2.75, 3.05) is 17.2 Å². The van der Waals surface area contributed by atoms with E-state index in [0.29, 0.717) is 35.0 Å². The summed E-state index contributed by atoms with van der Waals surface area (Å²) in [7, 11) is 0. The molecule has 0 bridgehead atoms. The van der Waals surface area contributed by atoms with Gasteiger partial charge in [0.2, 0.25) is 5.91 Å². The summed E-state index contributed by atoms with van der Waals surface area (Å²) in [4.78, 5) is 13.5. The number of nitriles is 1. The second kappa shape index (κ2) is 4.99. The fourth-order valence-electron chi connectivity index (χ4n) is 2.00. The van der Waals surface area contributed by atoms with Crippen molar-refractivity contribution in [1.29, 1.82) is 5.26 Å². The van der Waals surface area contributed by atoms with Crippen LogP contribution in [0.4, 0.5) is 5.69 Å². The highest BCUT2D eigenvalue weighted by Crippen LogP contribution is 2.34. The molecule has 17 heavy (non-hydrogen) atoms. The van der Waals surface area contributed by atoms with E-state index < -0.39 is 0 Å². The molecular weight excluding hydrogens is 256 g/mol. The number of thiol groups is 1. The van der Waals surface area contributed by atoms with Crippen molar-refractivity contribution in [3.63, 3.8) is 0 Å². The molecule has 1 heterocycles. The number of hydrogen-bond donors (Lipinski definition) is 1. The van der Waals surface area contributed by atoms with Crippen LogP contribution in [0.1, 0.15) is 12.0 Å². The third kappa shape index (κ3) is 2.26. The Hall–Kier alpha value is -1.18. The van der Waals surface area contributed by atoms with Crippen molar-refractivity contribution >= 4 is 35.8 Å². The Morgan fingerprint density at radius 3 is 2.94 bits per heavy atom. The Labute approximate surface area is 110 Å². The summed E-state index contributed by atoms with van der Waals surface area (Å²) >= 11 is 10.3. The number of halogens is 1. The molecule has 1 aliphatic heterocycles. The van der Waals surface area contributed by atoms with E-state index in [2.05, 4.69) is 18.7 Å². The topological polar surface area (TPSA) is 44.1 Å². The third-order valence-electron chi connectivity index (χ3n) is 2.84. The molecule has 1 saturated heterocycles. The lowest BCUT2D eigenvalue weighted by Crippen LogP contribution is -2.25. The van der Waals surface area contributed by atoms with Gasteiger partial charge < -0.3 is 4.90 Å². The fourth-order valence-corrected chi connectivity index (χ4v) is 2.52. The number of carbonyl (C=O) groups is 1. The summed E-state index contributed by atoms with van der Waals surface area (Å²) in [6.45, 7) is 0.584. The van der Waals surface area contributed by atoms with Gasteiger partial charge in [-0.05, 0) is 23.8 Å². The van der Waals surface area contributed by atoms with E-state index >= 15 is 0 Å². The smallest absolute Gasteiger partial charge is 0.227 e. The lowest BCUT2D eigenvalue weighted by molar-refractivity contribution is -0.117. The van der Waals surface area contributed by atoms with Gasteiger partial charge in [-0.1, -0.05) is 17.7 Å². The van der Waals surface area contributed by atoms with E-state index in [1.165, 1.54) is 0 Å². The van der Waals surface area contributed by atoms with Gasteiger partial charge in [-0.2, -0.15) is 17.9 Å². The molecule has 0 N–H and O–H groups in total. The number of rotatable bonds is 2. The quantitative estimate of drug-likeness (QED) is 0.836. The van der Waals surface area contributed by atoms with E-state index in [9.17, 15) is 4.79 Å². The number of hydrogen-bond acceptors (Lipinski definition) is 3. The van der Waals surface area contributed by atoms with Crippen molar-refractivity contribution in [3.8, 4) is 6.07 Å². The Morgan fingerprint density at radius 2 is 2.35 bits per heavy atom. The van der Waals surface area contributed by atoms with Crippen LogP contribution in [-0.2, 0) is 4.79 Å². The van der Waals surface area contributed by atoms with Gasteiger partial charge in [0.15, 0.2) is 0 Å². The van der Waals surface area contributed by atoms with Gasteiger partial charge in [-0.25, -0.2) is 0 Å². The number of para-hydroxylation sites is 1. The summed E-state index contributed by atoms with van der Waals surface area (Å²) in [6.07, 6.45) is 0.472. The second-order valence-corrected chi connectivity index (χ2v) is 4.78. The van der Waals surface area contributed by atoms with Crippen LogP contribution in [0.25, 0.3) is 0 Å². The number of carbonyl (C=O) groups excluding carboxylic acids is 1. The minimum absolute atomic E-state index is 0.00801. The Balaban J connectivity index is 2.42. The molecule has 0 aromatic heterocycles. The lowest BCUT2D eigenvalue weighted by Gasteiger charge is -2.19. The average Bonchev–Trinajstić information content (AvgIpc) is 2.70. The molecule has 2 rings (SSSR count). The molecule has 1 aromatic rings. The van der Waals surface area contributed by atoms with Crippen molar-refractivity contribution < 1.29 is 4.79 Å². The van der Waals surface area contributed by atoms with E-state index in [4.69, 9.17) is 16.9 Å². The van der Waals surface area contributed by atoms with Gasteiger partial charge in [0, 0.05) is 13.0 Å². The van der Waals surface area contributed by atoms with Crippen molar-refractivity contribution in [2.45, 2.75) is 6.42 Å². The average molecular weight is 267 g/mol. The van der Waals surface area contributed by atoms with Crippen LogP contribution in [0, 0.1) is 17.2 Å². The minimum atomic E-state index is 0.00801. The predicted octanol–water partition coefficient (Wildman–Crippen LogP) is 2.49. The van der Waals surface area contributed by atoms with Crippen LogP contribution in [0.2, 0.25) is 5.02 Å². The van der Waals surface area contributed by atoms with Gasteiger partial charge >= 0.3 is 0 Å². The zero-order valence-corrected chi connectivity index (χ0v) is 10.7. The molecule has 3 nitrogen and oxygen atoms in total. The summed E-state index contributed by atoms with van der Waals surface area (Å²) < 4.78 is 0. The minimum Gasteiger partial charge on any atom is -0.309 e. The molecule has 1 aliphatic rings. The van der Waals surface area contributed by atoms with E-state index in [1.807, 2.05) is 0 Å². The van der Waals surface area contributed by atoms with Crippen LogP contribution in [0.15, 0.2) is 18.2 Å². The molecule has 0 aliphatic carbocycles. The lowest BCUT2D eigenvalue weighted by atomic mass is 10.1. The summed E-state index contributed by atoms with van der Waals surface area (Å²) in [6, 6.07) is 7.14. The molecular formula is C12H11ClN2OS. The zero-order valence-electron chi connectivity index (χ0n) is 9.06. The first-order valence-corrected chi connectivity index (χ1v) is 6.28. The first-order chi connectivity index (χ1) is 8.17. The van der Waals surface area contributed by atoms with Gasteiger partial charge in [-0.3, -0.25) is 4.79 Å². The van der Waals surface area contributed by atoms with Crippen molar-refractivity contribution in [3.05, 3.63) is 28.8 Å². The van der Waals surface area contributed by atoms with Crippen molar-refractivity contribution in [1.82, 2.24) is 0 Å². The van der Waals surface area contributed by atoms with Crippen LogP contribution >= 0.6 is 24.2 Å². The highest BCUT2D eigenvalue weighted by molar-refractivity contribution is 7.80. The second-order valence-electron chi connectivity index (χ2n) is 4.00. The molecule has 1 aromatic carbocycles. The largest absolute Gasteiger partial charge is 0.309 e. The maximum absolute atomic E-state index is 11.9. The van der Waals surface area contributed by atoms with Crippen LogP contribution in [0.5, 0.6) is 0 Å². The fraction of sp³-hybridized carbons (Fsp3) is 0.333. The number of benzene rings is 1. The summed E-state index contributed by atoms with van der Waals surface area (Å²) in [5.74, 6) is 0.900. The first kappa shape index (κ1) is 12.3. The summed E-state index contributed by atoms with van der Waals surface area (Å²) in [5, 5.41) is 9.49. The van der Waals surface area contributed by atoms with Gasteiger partial charge in [0.1, 0.15) is 6.07 Å². The Bertz CT molecular complexity index is 498. The van der Waals surface area contributed by atoms with Crippen LogP contribution in [0.3, 0.4) is 0 Å². The molecule has 1 amide bonds. The standard InChI is InChI=1S/C12H11ClN2OS/c13-10-3-1-2-9(5-14)12(10)15-6-8(7-17)4-11(15)16/h1-3,8,17H,4,6-7H2.